The van der Waals surface area contributed by atoms with Crippen molar-refractivity contribution < 1.29 is 13.9 Å². The number of likely N-dealkylation sites (tertiary alicyclic amines) is 1. The first-order valence-electron chi connectivity index (χ1n) is 9.74. The molecule has 3 aromatic rings. The monoisotopic (exact) mass is 410 g/mol. The number of hydrogen-bond donors (Lipinski definition) is 0. The fourth-order valence-corrected chi connectivity index (χ4v) is 4.00. The van der Waals surface area contributed by atoms with E-state index in [-0.39, 0.29) is 11.9 Å². The molecule has 6 heteroatoms. The van der Waals surface area contributed by atoms with E-state index in [0.29, 0.717) is 23.8 Å². The molecule has 0 bridgehead atoms. The Morgan fingerprint density at radius 2 is 2.07 bits per heavy atom. The SMILES string of the molecule is COc1cccc(CC(=O)N2CCC[C@H]2c2ncc(Cc3cccc(Cl)c3)o2)c1. The number of rotatable bonds is 6. The van der Waals surface area contributed by atoms with Crippen molar-refractivity contribution >= 4 is 17.5 Å². The zero-order valence-electron chi connectivity index (χ0n) is 16.3. The minimum Gasteiger partial charge on any atom is -0.497 e. The van der Waals surface area contributed by atoms with Gasteiger partial charge in [0, 0.05) is 18.0 Å². The molecule has 0 spiro atoms. The summed E-state index contributed by atoms with van der Waals surface area (Å²) in [6.45, 7) is 0.722. The van der Waals surface area contributed by atoms with E-state index in [0.717, 1.165) is 42.0 Å². The van der Waals surface area contributed by atoms with E-state index in [9.17, 15) is 4.79 Å². The number of hydrogen-bond acceptors (Lipinski definition) is 4. The molecule has 0 N–H and O–H groups in total. The van der Waals surface area contributed by atoms with Gasteiger partial charge in [0.1, 0.15) is 17.6 Å². The molecule has 0 saturated carbocycles. The Bertz CT molecular complexity index is 1000. The van der Waals surface area contributed by atoms with Crippen LogP contribution in [0.5, 0.6) is 5.75 Å². The molecule has 29 heavy (non-hydrogen) atoms. The number of benzene rings is 2. The summed E-state index contributed by atoms with van der Waals surface area (Å²) in [6, 6.07) is 15.2. The summed E-state index contributed by atoms with van der Waals surface area (Å²) in [7, 11) is 1.63. The van der Waals surface area contributed by atoms with Crippen LogP contribution in [-0.2, 0) is 17.6 Å². The molecule has 150 valence electrons. The van der Waals surface area contributed by atoms with Gasteiger partial charge in [-0.1, -0.05) is 35.9 Å². The fraction of sp³-hybridized carbons (Fsp3) is 0.304. The van der Waals surface area contributed by atoms with Gasteiger partial charge in [0.2, 0.25) is 11.8 Å². The zero-order chi connectivity index (χ0) is 20.2. The average molecular weight is 411 g/mol. The highest BCUT2D eigenvalue weighted by atomic mass is 35.5. The van der Waals surface area contributed by atoms with Crippen LogP contribution in [0.2, 0.25) is 5.02 Å². The summed E-state index contributed by atoms with van der Waals surface area (Å²) in [5.41, 5.74) is 2.01. The Labute approximate surface area is 175 Å². The fourth-order valence-electron chi connectivity index (χ4n) is 3.79. The lowest BCUT2D eigenvalue weighted by Gasteiger charge is -2.22. The number of oxazole rings is 1. The molecule has 4 rings (SSSR count). The minimum atomic E-state index is -0.110. The van der Waals surface area contributed by atoms with Crippen LogP contribution in [0.15, 0.2) is 59.1 Å². The molecule has 1 fully saturated rings. The Morgan fingerprint density at radius 3 is 2.90 bits per heavy atom. The molecule has 2 heterocycles. The Hall–Kier alpha value is -2.79. The number of halogens is 1. The van der Waals surface area contributed by atoms with Gasteiger partial charge in [0.25, 0.3) is 0 Å². The van der Waals surface area contributed by atoms with Crippen molar-refractivity contribution in [3.8, 4) is 5.75 Å². The van der Waals surface area contributed by atoms with Gasteiger partial charge in [-0.05, 0) is 48.2 Å². The quantitative estimate of drug-likeness (QED) is 0.583. The van der Waals surface area contributed by atoms with Gasteiger partial charge in [-0.25, -0.2) is 4.98 Å². The van der Waals surface area contributed by atoms with Crippen LogP contribution in [0.3, 0.4) is 0 Å². The third kappa shape index (κ3) is 4.62. The second-order valence-electron chi connectivity index (χ2n) is 7.24. The lowest BCUT2D eigenvalue weighted by Crippen LogP contribution is -2.32. The maximum absolute atomic E-state index is 12.9. The summed E-state index contributed by atoms with van der Waals surface area (Å²) in [5, 5.41) is 0.701. The van der Waals surface area contributed by atoms with Crippen molar-refractivity contribution in [2.24, 2.45) is 0 Å². The number of ether oxygens (including phenoxy) is 1. The summed E-state index contributed by atoms with van der Waals surface area (Å²) in [5.74, 6) is 2.22. The molecule has 2 aromatic carbocycles. The second kappa shape index (κ2) is 8.70. The highest BCUT2D eigenvalue weighted by Gasteiger charge is 2.33. The summed E-state index contributed by atoms with van der Waals surface area (Å²) >= 11 is 6.06. The van der Waals surface area contributed by atoms with Crippen molar-refractivity contribution in [3.05, 3.63) is 82.5 Å². The molecular formula is C23H23ClN2O3. The van der Waals surface area contributed by atoms with Crippen LogP contribution in [0.4, 0.5) is 0 Å². The number of carbonyl (C=O) groups is 1. The van der Waals surface area contributed by atoms with Crippen molar-refractivity contribution in [1.82, 2.24) is 9.88 Å². The van der Waals surface area contributed by atoms with Crippen LogP contribution < -0.4 is 4.74 Å². The number of nitrogens with zero attached hydrogens (tertiary/aromatic N) is 2. The maximum Gasteiger partial charge on any atom is 0.227 e. The first-order chi connectivity index (χ1) is 14.1. The molecule has 0 unspecified atom stereocenters. The number of carbonyl (C=O) groups excluding carboxylic acids is 1. The van der Waals surface area contributed by atoms with E-state index < -0.39 is 0 Å². The van der Waals surface area contributed by atoms with Crippen molar-refractivity contribution in [2.75, 3.05) is 13.7 Å². The number of amides is 1. The van der Waals surface area contributed by atoms with Gasteiger partial charge in [-0.2, -0.15) is 0 Å². The lowest BCUT2D eigenvalue weighted by molar-refractivity contribution is -0.131. The molecule has 1 aliphatic heterocycles. The van der Waals surface area contributed by atoms with Crippen LogP contribution in [0.1, 0.15) is 41.7 Å². The molecule has 1 atom stereocenters. The molecular weight excluding hydrogens is 388 g/mol. The van der Waals surface area contributed by atoms with Crippen LogP contribution in [0.25, 0.3) is 0 Å². The van der Waals surface area contributed by atoms with Gasteiger partial charge < -0.3 is 14.1 Å². The average Bonchev–Trinajstić information content (AvgIpc) is 3.37. The zero-order valence-corrected chi connectivity index (χ0v) is 17.1. The highest BCUT2D eigenvalue weighted by molar-refractivity contribution is 6.30. The third-order valence-corrected chi connectivity index (χ3v) is 5.42. The lowest BCUT2D eigenvalue weighted by atomic mass is 10.1. The van der Waals surface area contributed by atoms with E-state index in [4.69, 9.17) is 20.8 Å². The topological polar surface area (TPSA) is 55.6 Å². The predicted molar refractivity (Wildman–Crippen MR) is 111 cm³/mol. The van der Waals surface area contributed by atoms with Crippen LogP contribution >= 0.6 is 11.6 Å². The largest absolute Gasteiger partial charge is 0.497 e. The first-order valence-corrected chi connectivity index (χ1v) is 10.1. The van der Waals surface area contributed by atoms with Crippen LogP contribution in [0, 0.1) is 0 Å². The number of methoxy groups -OCH3 is 1. The standard InChI is InChI=1S/C23H23ClN2O3/c1-28-19-8-3-6-17(12-19)14-22(27)26-10-4-9-21(26)23-25-15-20(29-23)13-16-5-2-7-18(24)11-16/h2-3,5-8,11-12,15,21H,4,9-10,13-14H2,1H3/t21-/m0/s1. The molecule has 0 radical (unpaired) electrons. The third-order valence-electron chi connectivity index (χ3n) is 5.19. The molecule has 1 aliphatic rings. The van der Waals surface area contributed by atoms with Gasteiger partial charge in [0.15, 0.2) is 0 Å². The Balaban J connectivity index is 1.45. The van der Waals surface area contributed by atoms with Gasteiger partial charge in [0.05, 0.1) is 19.7 Å². The summed E-state index contributed by atoms with van der Waals surface area (Å²) in [6.07, 6.45) is 4.52. The first kappa shape index (κ1) is 19.5. The smallest absolute Gasteiger partial charge is 0.227 e. The van der Waals surface area contributed by atoms with E-state index in [2.05, 4.69) is 4.98 Å². The predicted octanol–water partition coefficient (Wildman–Crippen LogP) is 4.83. The van der Waals surface area contributed by atoms with E-state index in [1.807, 2.05) is 53.4 Å². The molecule has 1 saturated heterocycles. The Morgan fingerprint density at radius 1 is 1.24 bits per heavy atom. The summed E-state index contributed by atoms with van der Waals surface area (Å²) in [4.78, 5) is 19.3. The van der Waals surface area contributed by atoms with Gasteiger partial charge in [-0.3, -0.25) is 4.79 Å². The van der Waals surface area contributed by atoms with Crippen molar-refractivity contribution in [1.29, 1.82) is 0 Å². The van der Waals surface area contributed by atoms with Gasteiger partial charge in [-0.15, -0.1) is 0 Å². The molecule has 0 aliphatic carbocycles. The summed E-state index contributed by atoms with van der Waals surface area (Å²) < 4.78 is 11.3. The molecule has 1 aromatic heterocycles. The second-order valence-corrected chi connectivity index (χ2v) is 7.68. The molecule has 1 amide bonds. The van der Waals surface area contributed by atoms with Crippen molar-refractivity contribution in [3.63, 3.8) is 0 Å². The van der Waals surface area contributed by atoms with E-state index in [1.165, 1.54) is 0 Å². The van der Waals surface area contributed by atoms with Crippen molar-refractivity contribution in [2.45, 2.75) is 31.7 Å². The highest BCUT2D eigenvalue weighted by Crippen LogP contribution is 2.32. The van der Waals surface area contributed by atoms with Crippen LogP contribution in [-0.4, -0.2) is 29.4 Å². The van der Waals surface area contributed by atoms with Gasteiger partial charge >= 0.3 is 0 Å². The molecule has 5 nitrogen and oxygen atoms in total. The normalized spacial score (nSPS) is 16.2. The van der Waals surface area contributed by atoms with E-state index in [1.54, 1.807) is 13.3 Å². The maximum atomic E-state index is 12.9. The van der Waals surface area contributed by atoms with E-state index >= 15 is 0 Å². The Kier molecular flexibility index (Phi) is 5.86. The number of aromatic nitrogens is 1. The minimum absolute atomic E-state index is 0.0790.